The second kappa shape index (κ2) is 8.94. The third kappa shape index (κ3) is 4.81. The van der Waals surface area contributed by atoms with Gasteiger partial charge in [-0.05, 0) is 36.2 Å². The molecule has 0 radical (unpaired) electrons. The summed E-state index contributed by atoms with van der Waals surface area (Å²) in [6.45, 7) is 3.43. The molecule has 4 aromatic rings. The smallest absolute Gasteiger partial charge is 0.250 e. The molecule has 0 saturated carbocycles. The summed E-state index contributed by atoms with van der Waals surface area (Å²) < 4.78 is 26.9. The van der Waals surface area contributed by atoms with Crippen molar-refractivity contribution < 1.29 is 8.78 Å². The number of H-pyrrole nitrogens is 1. The number of nitrogens with two attached hydrogens (primary N) is 1. The van der Waals surface area contributed by atoms with Crippen LogP contribution < -0.4 is 11.1 Å². The molecule has 1 saturated heterocycles. The van der Waals surface area contributed by atoms with E-state index in [0.29, 0.717) is 19.6 Å². The number of hydrogen-bond donors (Lipinski definition) is 3. The number of alkyl halides is 2. The second-order valence-electron chi connectivity index (χ2n) is 8.78. The van der Waals surface area contributed by atoms with Crippen molar-refractivity contribution >= 4 is 22.5 Å². The lowest BCUT2D eigenvalue weighted by molar-refractivity contribution is -0.0566. The van der Waals surface area contributed by atoms with Crippen LogP contribution in [0.1, 0.15) is 37.1 Å². The van der Waals surface area contributed by atoms with Crippen LogP contribution in [0.5, 0.6) is 0 Å². The van der Waals surface area contributed by atoms with Gasteiger partial charge in [0.25, 0.3) is 5.92 Å². The summed E-state index contributed by atoms with van der Waals surface area (Å²) in [6.07, 6.45) is 6.73. The number of anilines is 2. The van der Waals surface area contributed by atoms with E-state index >= 15 is 0 Å². The van der Waals surface area contributed by atoms with Gasteiger partial charge >= 0.3 is 0 Å². The molecule has 1 aromatic carbocycles. The highest BCUT2D eigenvalue weighted by atomic mass is 19.3. The number of nitrogen functional groups attached to an aromatic ring is 1. The molecule has 0 aliphatic carbocycles. The largest absolute Gasteiger partial charge is 0.374 e. The molecule has 0 spiro atoms. The van der Waals surface area contributed by atoms with Crippen LogP contribution in [-0.2, 0) is 6.54 Å². The van der Waals surface area contributed by atoms with Crippen molar-refractivity contribution in [1.29, 1.82) is 0 Å². The van der Waals surface area contributed by atoms with Crippen LogP contribution in [0, 0.1) is 0 Å². The molecular formula is C24H26F2N8. The van der Waals surface area contributed by atoms with Gasteiger partial charge in [0.2, 0.25) is 5.95 Å². The number of halogens is 2. The molecule has 1 fully saturated rings. The number of nitrogens with zero attached hydrogens (tertiary/aromatic N) is 5. The van der Waals surface area contributed by atoms with Crippen molar-refractivity contribution in [2.75, 3.05) is 24.1 Å². The Morgan fingerprint density at radius 3 is 2.62 bits per heavy atom. The molecule has 1 atom stereocenters. The quantitative estimate of drug-likeness (QED) is 0.388. The predicted octanol–water partition coefficient (Wildman–Crippen LogP) is 4.40. The Morgan fingerprint density at radius 1 is 1.09 bits per heavy atom. The minimum absolute atomic E-state index is 0.0748. The molecule has 5 rings (SSSR count). The zero-order chi connectivity index (χ0) is 23.7. The monoisotopic (exact) mass is 464 g/mol. The van der Waals surface area contributed by atoms with Crippen molar-refractivity contribution in [2.45, 2.75) is 38.3 Å². The van der Waals surface area contributed by atoms with Crippen LogP contribution in [-0.4, -0.2) is 49.1 Å². The molecule has 34 heavy (non-hydrogen) atoms. The van der Waals surface area contributed by atoms with E-state index in [1.807, 2.05) is 25.3 Å². The van der Waals surface area contributed by atoms with E-state index < -0.39 is 5.92 Å². The highest BCUT2D eigenvalue weighted by Crippen LogP contribution is 2.31. The fraction of sp³-hybridized carbons (Fsp3) is 0.333. The first-order valence-electron chi connectivity index (χ1n) is 11.2. The van der Waals surface area contributed by atoms with Crippen molar-refractivity contribution in [3.63, 3.8) is 0 Å². The fourth-order valence-corrected chi connectivity index (χ4v) is 4.30. The molecule has 176 valence electrons. The maximum atomic E-state index is 13.5. The molecule has 0 amide bonds. The van der Waals surface area contributed by atoms with Crippen molar-refractivity contribution in [1.82, 2.24) is 30.0 Å². The summed E-state index contributed by atoms with van der Waals surface area (Å²) in [7, 11) is 0. The van der Waals surface area contributed by atoms with E-state index in [4.69, 9.17) is 5.73 Å². The number of nitrogens with one attached hydrogen (secondary N) is 2. The molecule has 4 heterocycles. The highest BCUT2D eigenvalue weighted by molar-refractivity contribution is 5.87. The molecule has 4 N–H and O–H groups in total. The van der Waals surface area contributed by atoms with Gasteiger partial charge in [-0.2, -0.15) is 5.10 Å². The summed E-state index contributed by atoms with van der Waals surface area (Å²) >= 11 is 0. The minimum Gasteiger partial charge on any atom is -0.374 e. The van der Waals surface area contributed by atoms with Crippen LogP contribution in [0.4, 0.5) is 20.4 Å². The van der Waals surface area contributed by atoms with Gasteiger partial charge in [0.1, 0.15) is 0 Å². The number of piperidine rings is 1. The number of benzene rings is 1. The van der Waals surface area contributed by atoms with Crippen LogP contribution >= 0.6 is 0 Å². The Bertz CT molecular complexity index is 1280. The molecule has 10 heteroatoms. The van der Waals surface area contributed by atoms with E-state index in [1.54, 1.807) is 18.6 Å². The Hall–Kier alpha value is -3.66. The van der Waals surface area contributed by atoms with Gasteiger partial charge in [0, 0.05) is 55.8 Å². The number of hydrogen-bond acceptors (Lipinski definition) is 7. The Balaban J connectivity index is 1.36. The van der Waals surface area contributed by atoms with Gasteiger partial charge in [0.05, 0.1) is 35.3 Å². The first-order chi connectivity index (χ1) is 16.4. The van der Waals surface area contributed by atoms with Gasteiger partial charge in [-0.25, -0.2) is 18.7 Å². The first-order valence-corrected chi connectivity index (χ1v) is 11.2. The van der Waals surface area contributed by atoms with Crippen LogP contribution in [0.3, 0.4) is 0 Å². The summed E-state index contributed by atoms with van der Waals surface area (Å²) in [5.41, 5.74) is 11.1. The Kier molecular flexibility index (Phi) is 5.82. The zero-order valence-corrected chi connectivity index (χ0v) is 18.8. The summed E-state index contributed by atoms with van der Waals surface area (Å²) in [4.78, 5) is 14.5. The Morgan fingerprint density at radius 2 is 1.85 bits per heavy atom. The number of aromatic nitrogens is 5. The van der Waals surface area contributed by atoms with Gasteiger partial charge in [0.15, 0.2) is 0 Å². The number of aromatic amines is 1. The number of pyridine rings is 1. The number of likely N-dealkylation sites (tertiary alicyclic amines) is 1. The van der Waals surface area contributed by atoms with Crippen molar-refractivity contribution in [3.05, 3.63) is 60.3 Å². The maximum Gasteiger partial charge on any atom is 0.250 e. The average Bonchev–Trinajstić information content (AvgIpc) is 3.26. The predicted molar refractivity (Wildman–Crippen MR) is 127 cm³/mol. The molecule has 8 nitrogen and oxygen atoms in total. The first kappa shape index (κ1) is 22.1. The molecule has 1 unspecified atom stereocenters. The fourth-order valence-electron chi connectivity index (χ4n) is 4.30. The van der Waals surface area contributed by atoms with Crippen LogP contribution in [0.15, 0.2) is 49.1 Å². The number of rotatable bonds is 6. The van der Waals surface area contributed by atoms with Gasteiger partial charge < -0.3 is 11.1 Å². The van der Waals surface area contributed by atoms with E-state index in [2.05, 4.69) is 47.5 Å². The normalized spacial score (nSPS) is 17.0. The van der Waals surface area contributed by atoms with E-state index in [9.17, 15) is 8.78 Å². The van der Waals surface area contributed by atoms with E-state index in [1.165, 1.54) is 0 Å². The summed E-state index contributed by atoms with van der Waals surface area (Å²) in [6, 6.07) is 8.08. The highest BCUT2D eigenvalue weighted by Gasteiger charge is 2.33. The third-order valence-electron chi connectivity index (χ3n) is 6.19. The SMILES string of the molecule is CC(Nc1cnc(N)nc1)c1[nH]nc2ccc(-c3cncc(CN4CCC(F)(F)CC4)c3)cc12. The maximum absolute atomic E-state index is 13.5. The van der Waals surface area contributed by atoms with Gasteiger partial charge in [-0.1, -0.05) is 6.07 Å². The summed E-state index contributed by atoms with van der Waals surface area (Å²) in [5, 5.41) is 11.9. The minimum atomic E-state index is -2.54. The second-order valence-corrected chi connectivity index (χ2v) is 8.78. The molecule has 0 bridgehead atoms. The molecular weight excluding hydrogens is 438 g/mol. The van der Waals surface area contributed by atoms with Crippen molar-refractivity contribution in [2.24, 2.45) is 0 Å². The van der Waals surface area contributed by atoms with Crippen LogP contribution in [0.2, 0.25) is 0 Å². The summed E-state index contributed by atoms with van der Waals surface area (Å²) in [5.74, 6) is -2.31. The van der Waals surface area contributed by atoms with Gasteiger partial charge in [-0.3, -0.25) is 15.0 Å². The van der Waals surface area contributed by atoms with Crippen LogP contribution in [0.25, 0.3) is 22.0 Å². The molecule has 1 aliphatic heterocycles. The topological polar surface area (TPSA) is 109 Å². The van der Waals surface area contributed by atoms with E-state index in [-0.39, 0.29) is 24.8 Å². The molecule has 1 aliphatic rings. The Labute approximate surface area is 195 Å². The lowest BCUT2D eigenvalue weighted by atomic mass is 10.0. The third-order valence-corrected chi connectivity index (χ3v) is 6.19. The lowest BCUT2D eigenvalue weighted by Gasteiger charge is -2.31. The van der Waals surface area contributed by atoms with Crippen molar-refractivity contribution in [3.8, 4) is 11.1 Å². The van der Waals surface area contributed by atoms with Gasteiger partial charge in [-0.15, -0.1) is 0 Å². The standard InChI is InChI=1S/C24H26F2N8/c1-15(31-19-12-29-23(27)30-13-19)22-20-9-17(2-3-21(20)32-33-22)18-8-16(10-28-11-18)14-34-6-4-24(25,26)5-7-34/h2-3,8-13,15,31H,4-7,14H2,1H3,(H,32,33)(H2,27,29,30). The lowest BCUT2D eigenvalue weighted by Crippen LogP contribution is -2.38. The van der Waals surface area contributed by atoms with E-state index in [0.717, 1.165) is 39.0 Å². The zero-order valence-electron chi connectivity index (χ0n) is 18.8. The average molecular weight is 465 g/mol. The molecule has 3 aromatic heterocycles. The number of fused-ring (bicyclic) bond motifs is 1.